The topological polar surface area (TPSA) is 58.5 Å². The minimum absolute atomic E-state index is 0.477. The first-order chi connectivity index (χ1) is 10.5. The van der Waals surface area contributed by atoms with Crippen LogP contribution in [0.4, 0.5) is 0 Å². The van der Waals surface area contributed by atoms with E-state index in [2.05, 4.69) is 53.7 Å². The molecule has 6 heteroatoms. The average molecular weight is 327 g/mol. The molecule has 0 aliphatic heterocycles. The highest BCUT2D eigenvalue weighted by molar-refractivity contribution is 7.09. The quantitative estimate of drug-likeness (QED) is 0.416. The summed E-state index contributed by atoms with van der Waals surface area (Å²) in [4.78, 5) is 8.81. The first kappa shape index (κ1) is 18.9. The van der Waals surface area contributed by atoms with Crippen LogP contribution in [0, 0.1) is 5.92 Å². The maximum absolute atomic E-state index is 5.58. The van der Waals surface area contributed by atoms with Crippen LogP contribution in [-0.2, 0) is 11.3 Å². The summed E-state index contributed by atoms with van der Waals surface area (Å²) in [6, 6.07) is 0. The Morgan fingerprint density at radius 2 is 2.05 bits per heavy atom. The van der Waals surface area contributed by atoms with Gasteiger partial charge in [-0.15, -0.1) is 11.3 Å². The third kappa shape index (κ3) is 7.75. The average Bonchev–Trinajstić information content (AvgIpc) is 2.94. The van der Waals surface area contributed by atoms with Crippen LogP contribution in [0.15, 0.2) is 10.4 Å². The molecule has 1 aromatic heterocycles. The molecule has 0 atom stereocenters. The van der Waals surface area contributed by atoms with Gasteiger partial charge in [0.25, 0.3) is 0 Å². The van der Waals surface area contributed by atoms with Crippen molar-refractivity contribution >= 4 is 17.3 Å². The lowest BCUT2D eigenvalue weighted by atomic mass is 10.1. The van der Waals surface area contributed by atoms with Crippen LogP contribution in [0.5, 0.6) is 0 Å². The second kappa shape index (κ2) is 10.6. The molecule has 1 rings (SSSR count). The fourth-order valence-electron chi connectivity index (χ4n) is 1.71. The molecule has 5 nitrogen and oxygen atoms in total. The molecule has 0 bridgehead atoms. The largest absolute Gasteiger partial charge is 0.380 e. The van der Waals surface area contributed by atoms with Gasteiger partial charge in [-0.2, -0.15) is 0 Å². The number of thiazole rings is 1. The molecular formula is C16H30N4OS. The molecule has 0 saturated heterocycles. The van der Waals surface area contributed by atoms with Crippen LogP contribution in [0.2, 0.25) is 0 Å². The van der Waals surface area contributed by atoms with Gasteiger partial charge in [0.2, 0.25) is 0 Å². The summed E-state index contributed by atoms with van der Waals surface area (Å²) in [6.07, 6.45) is 1.11. The smallest absolute Gasteiger partial charge is 0.191 e. The maximum atomic E-state index is 5.58. The Morgan fingerprint density at radius 1 is 1.27 bits per heavy atom. The van der Waals surface area contributed by atoms with Gasteiger partial charge in [-0.25, -0.2) is 4.98 Å². The zero-order valence-electron chi connectivity index (χ0n) is 14.5. The number of hydrogen-bond donors (Lipinski definition) is 2. The molecule has 2 N–H and O–H groups in total. The minimum Gasteiger partial charge on any atom is -0.380 e. The molecule has 1 heterocycles. The van der Waals surface area contributed by atoms with Crippen LogP contribution in [-0.4, -0.2) is 37.7 Å². The van der Waals surface area contributed by atoms with Gasteiger partial charge in [-0.3, -0.25) is 4.99 Å². The lowest BCUT2D eigenvalue weighted by Gasteiger charge is -2.11. The van der Waals surface area contributed by atoms with E-state index in [9.17, 15) is 0 Å². The Labute approximate surface area is 138 Å². The normalized spacial score (nSPS) is 12.2. The van der Waals surface area contributed by atoms with Crippen LogP contribution < -0.4 is 10.6 Å². The number of nitrogens with zero attached hydrogens (tertiary/aromatic N) is 2. The summed E-state index contributed by atoms with van der Waals surface area (Å²) < 4.78 is 5.58. The highest BCUT2D eigenvalue weighted by Crippen LogP contribution is 2.17. The van der Waals surface area contributed by atoms with Crippen molar-refractivity contribution in [2.24, 2.45) is 10.9 Å². The van der Waals surface area contributed by atoms with Crippen molar-refractivity contribution in [1.29, 1.82) is 0 Å². The van der Waals surface area contributed by atoms with E-state index in [4.69, 9.17) is 4.74 Å². The lowest BCUT2D eigenvalue weighted by molar-refractivity contribution is 0.128. The van der Waals surface area contributed by atoms with Crippen LogP contribution in [0.1, 0.15) is 50.7 Å². The summed E-state index contributed by atoms with van der Waals surface area (Å²) in [5, 5.41) is 9.74. The summed E-state index contributed by atoms with van der Waals surface area (Å²) in [7, 11) is 1.77. The first-order valence-electron chi connectivity index (χ1n) is 7.99. The van der Waals surface area contributed by atoms with E-state index >= 15 is 0 Å². The molecule has 0 spiro atoms. The Kier molecular flexibility index (Phi) is 9.08. The van der Waals surface area contributed by atoms with Crippen molar-refractivity contribution in [2.75, 3.05) is 26.8 Å². The molecule has 0 fully saturated rings. The number of nitrogens with one attached hydrogen (secondary N) is 2. The van der Waals surface area contributed by atoms with Crippen molar-refractivity contribution in [2.45, 2.75) is 46.6 Å². The maximum Gasteiger partial charge on any atom is 0.191 e. The summed E-state index contributed by atoms with van der Waals surface area (Å²) >= 11 is 1.69. The van der Waals surface area contributed by atoms with E-state index in [1.54, 1.807) is 18.4 Å². The Morgan fingerprint density at radius 3 is 2.64 bits per heavy atom. The molecule has 1 aromatic rings. The monoisotopic (exact) mass is 326 g/mol. The second-order valence-electron chi connectivity index (χ2n) is 5.97. The number of guanidine groups is 1. The molecule has 0 unspecified atom stereocenters. The number of rotatable bonds is 9. The van der Waals surface area contributed by atoms with Crippen molar-refractivity contribution in [1.82, 2.24) is 15.6 Å². The Bertz CT molecular complexity index is 443. The van der Waals surface area contributed by atoms with Crippen molar-refractivity contribution in [3.63, 3.8) is 0 Å². The predicted octanol–water partition coefficient (Wildman–Crippen LogP) is 2.99. The first-order valence-corrected chi connectivity index (χ1v) is 8.87. The van der Waals surface area contributed by atoms with Gasteiger partial charge >= 0.3 is 0 Å². The Balaban J connectivity index is 2.19. The third-order valence-electron chi connectivity index (χ3n) is 3.17. The number of aliphatic imine (C=N–C) groups is 1. The SMILES string of the molecule is CN=C(NCCOCCC(C)C)NCc1nc(C(C)C)cs1. The van der Waals surface area contributed by atoms with Crippen LogP contribution in [0.3, 0.4) is 0 Å². The van der Waals surface area contributed by atoms with E-state index in [1.807, 2.05) is 0 Å². The zero-order valence-corrected chi connectivity index (χ0v) is 15.3. The van der Waals surface area contributed by atoms with E-state index in [-0.39, 0.29) is 0 Å². The molecule has 0 aromatic carbocycles. The lowest BCUT2D eigenvalue weighted by Crippen LogP contribution is -2.38. The standard InChI is InChI=1S/C16H30N4OS/c1-12(2)6-8-21-9-7-18-16(17-5)19-10-15-20-14(11-22-15)13(3)4/h11-13H,6-10H2,1-5H3,(H2,17,18,19). The van der Waals surface area contributed by atoms with Gasteiger partial charge in [0, 0.05) is 25.6 Å². The van der Waals surface area contributed by atoms with Gasteiger partial charge in [-0.1, -0.05) is 27.7 Å². The zero-order chi connectivity index (χ0) is 16.4. The molecule has 0 saturated carbocycles. The minimum atomic E-state index is 0.477. The fourth-order valence-corrected chi connectivity index (χ4v) is 2.61. The van der Waals surface area contributed by atoms with E-state index in [0.717, 1.165) is 36.2 Å². The van der Waals surface area contributed by atoms with Gasteiger partial charge in [0.05, 0.1) is 18.8 Å². The molecule has 126 valence electrons. The van der Waals surface area contributed by atoms with E-state index < -0.39 is 0 Å². The summed E-state index contributed by atoms with van der Waals surface area (Å²) in [6.45, 7) is 11.7. The number of hydrogen-bond acceptors (Lipinski definition) is 4. The highest BCUT2D eigenvalue weighted by Gasteiger charge is 2.06. The number of aromatic nitrogens is 1. The molecule has 0 amide bonds. The van der Waals surface area contributed by atoms with Gasteiger partial charge < -0.3 is 15.4 Å². The van der Waals surface area contributed by atoms with Crippen LogP contribution >= 0.6 is 11.3 Å². The second-order valence-corrected chi connectivity index (χ2v) is 6.91. The van der Waals surface area contributed by atoms with Crippen molar-refractivity contribution in [3.05, 3.63) is 16.1 Å². The molecule has 22 heavy (non-hydrogen) atoms. The van der Waals surface area contributed by atoms with Gasteiger partial charge in [-0.05, 0) is 18.3 Å². The van der Waals surface area contributed by atoms with Crippen molar-refractivity contribution < 1.29 is 4.74 Å². The Hall–Kier alpha value is -1.14. The highest BCUT2D eigenvalue weighted by atomic mass is 32.1. The van der Waals surface area contributed by atoms with Crippen molar-refractivity contribution in [3.8, 4) is 0 Å². The van der Waals surface area contributed by atoms with E-state index in [1.165, 1.54) is 0 Å². The summed E-state index contributed by atoms with van der Waals surface area (Å²) in [5.41, 5.74) is 1.16. The molecular weight excluding hydrogens is 296 g/mol. The number of ether oxygens (including phenoxy) is 1. The molecule has 0 radical (unpaired) electrons. The summed E-state index contributed by atoms with van der Waals surface area (Å²) in [5.74, 6) is 1.95. The van der Waals surface area contributed by atoms with Gasteiger partial charge in [0.1, 0.15) is 5.01 Å². The van der Waals surface area contributed by atoms with Crippen LogP contribution in [0.25, 0.3) is 0 Å². The molecule has 0 aliphatic carbocycles. The van der Waals surface area contributed by atoms with Gasteiger partial charge in [0.15, 0.2) is 5.96 Å². The predicted molar refractivity (Wildman–Crippen MR) is 94.7 cm³/mol. The van der Waals surface area contributed by atoms with E-state index in [0.29, 0.717) is 25.0 Å². The fraction of sp³-hybridized carbons (Fsp3) is 0.750. The molecule has 0 aliphatic rings. The third-order valence-corrected chi connectivity index (χ3v) is 4.04.